The molecule has 0 radical (unpaired) electrons. The molecule has 0 aliphatic rings. The average Bonchev–Trinajstić information content (AvgIpc) is 2.53. The number of rotatable bonds is 6. The minimum Gasteiger partial charge on any atom is -0.495 e. The molecule has 0 saturated heterocycles. The van der Waals surface area contributed by atoms with E-state index in [9.17, 15) is 0 Å². The highest BCUT2D eigenvalue weighted by Crippen LogP contribution is 2.41. The molecular formula is C20H24Cl2O3. The number of hydrogen-bond acceptors (Lipinski definition) is 3. The summed E-state index contributed by atoms with van der Waals surface area (Å²) in [7, 11) is 3.21. The first-order valence-electron chi connectivity index (χ1n) is 7.99. The van der Waals surface area contributed by atoms with Gasteiger partial charge in [0.05, 0.1) is 17.2 Å². The lowest BCUT2D eigenvalue weighted by Crippen LogP contribution is -2.20. The van der Waals surface area contributed by atoms with E-state index in [1.807, 2.05) is 26.0 Å². The maximum absolute atomic E-state index is 6.45. The van der Waals surface area contributed by atoms with Crippen molar-refractivity contribution in [3.05, 3.63) is 56.6 Å². The molecule has 0 heterocycles. The summed E-state index contributed by atoms with van der Waals surface area (Å²) in [5, 5.41) is 1.17. The summed E-state index contributed by atoms with van der Waals surface area (Å²) in [4.78, 5) is 0. The van der Waals surface area contributed by atoms with Gasteiger partial charge in [-0.15, -0.1) is 0 Å². The highest BCUT2D eigenvalue weighted by molar-refractivity contribution is 6.32. The van der Waals surface area contributed by atoms with Gasteiger partial charge in [0.1, 0.15) is 11.5 Å². The van der Waals surface area contributed by atoms with Gasteiger partial charge >= 0.3 is 0 Å². The second-order valence-electron chi connectivity index (χ2n) is 6.59. The van der Waals surface area contributed by atoms with Crippen molar-refractivity contribution in [3.63, 3.8) is 0 Å². The monoisotopic (exact) mass is 382 g/mol. The van der Waals surface area contributed by atoms with Crippen molar-refractivity contribution in [2.24, 2.45) is 0 Å². The highest BCUT2D eigenvalue weighted by Gasteiger charge is 2.26. The molecule has 0 amide bonds. The molecular weight excluding hydrogens is 359 g/mol. The predicted octanol–water partition coefficient (Wildman–Crippen LogP) is 5.93. The van der Waals surface area contributed by atoms with Crippen molar-refractivity contribution in [1.29, 1.82) is 0 Å². The minimum absolute atomic E-state index is 0.163. The van der Waals surface area contributed by atoms with Crippen LogP contribution in [0.25, 0.3) is 0 Å². The molecule has 2 aromatic carbocycles. The highest BCUT2D eigenvalue weighted by atomic mass is 35.5. The third kappa shape index (κ3) is 4.05. The number of benzene rings is 2. The van der Waals surface area contributed by atoms with E-state index in [4.69, 9.17) is 37.4 Å². The molecule has 0 aromatic heterocycles. The van der Waals surface area contributed by atoms with Gasteiger partial charge in [0.15, 0.2) is 6.79 Å². The first-order valence-corrected chi connectivity index (χ1v) is 8.75. The normalized spacial score (nSPS) is 11.5. The van der Waals surface area contributed by atoms with Gasteiger partial charge in [0.25, 0.3) is 0 Å². The van der Waals surface area contributed by atoms with Crippen LogP contribution in [-0.2, 0) is 10.2 Å². The van der Waals surface area contributed by atoms with Crippen molar-refractivity contribution in [2.45, 2.75) is 33.1 Å². The van der Waals surface area contributed by atoms with Crippen LogP contribution in [0.3, 0.4) is 0 Å². The maximum Gasteiger partial charge on any atom is 0.188 e. The summed E-state index contributed by atoms with van der Waals surface area (Å²) in [6.07, 6.45) is 0. The summed E-state index contributed by atoms with van der Waals surface area (Å²) in [5.41, 5.74) is 3.86. The zero-order chi connectivity index (χ0) is 18.8. The Morgan fingerprint density at radius 2 is 1.32 bits per heavy atom. The summed E-state index contributed by atoms with van der Waals surface area (Å²) < 4.78 is 15.9. The zero-order valence-electron chi connectivity index (χ0n) is 15.5. The van der Waals surface area contributed by atoms with E-state index >= 15 is 0 Å². The lowest BCUT2D eigenvalue weighted by Gasteiger charge is -2.28. The van der Waals surface area contributed by atoms with Gasteiger partial charge in [0, 0.05) is 12.5 Å². The Bertz CT molecular complexity index is 724. The van der Waals surface area contributed by atoms with Gasteiger partial charge in [-0.3, -0.25) is 0 Å². The summed E-state index contributed by atoms with van der Waals surface area (Å²) >= 11 is 12.8. The van der Waals surface area contributed by atoms with Crippen LogP contribution in [0.2, 0.25) is 10.0 Å². The quantitative estimate of drug-likeness (QED) is 0.579. The third-order valence-corrected chi connectivity index (χ3v) is 4.99. The van der Waals surface area contributed by atoms with Crippen LogP contribution in [0.1, 0.15) is 36.1 Å². The van der Waals surface area contributed by atoms with Crippen molar-refractivity contribution < 1.29 is 14.2 Å². The molecule has 136 valence electrons. The van der Waals surface area contributed by atoms with Crippen molar-refractivity contribution in [1.82, 2.24) is 0 Å². The first kappa shape index (κ1) is 19.9. The van der Waals surface area contributed by atoms with Crippen molar-refractivity contribution >= 4 is 23.2 Å². The Morgan fingerprint density at radius 3 is 1.72 bits per heavy atom. The van der Waals surface area contributed by atoms with Crippen LogP contribution in [-0.4, -0.2) is 21.0 Å². The van der Waals surface area contributed by atoms with Crippen LogP contribution in [0.15, 0.2) is 24.3 Å². The second-order valence-corrected chi connectivity index (χ2v) is 7.40. The van der Waals surface area contributed by atoms with E-state index in [0.29, 0.717) is 21.5 Å². The number of halogens is 2. The molecule has 0 unspecified atom stereocenters. The van der Waals surface area contributed by atoms with Gasteiger partial charge in [-0.2, -0.15) is 0 Å². The SMILES string of the molecule is COCOc1c(C)cc(C(C)(C)c2cc(C)c(OC)c(Cl)c2)cc1Cl. The Morgan fingerprint density at radius 1 is 0.840 bits per heavy atom. The number of hydrogen-bond donors (Lipinski definition) is 0. The molecule has 2 aromatic rings. The van der Waals surface area contributed by atoms with E-state index < -0.39 is 0 Å². The maximum atomic E-state index is 6.45. The molecule has 5 heteroatoms. The number of ether oxygens (including phenoxy) is 3. The van der Waals surface area contributed by atoms with E-state index in [-0.39, 0.29) is 12.2 Å². The van der Waals surface area contributed by atoms with Crippen molar-refractivity contribution in [3.8, 4) is 11.5 Å². The molecule has 2 rings (SSSR count). The summed E-state index contributed by atoms with van der Waals surface area (Å²) in [6.45, 7) is 8.42. The number of methoxy groups -OCH3 is 2. The van der Waals surface area contributed by atoms with E-state index in [1.54, 1.807) is 14.2 Å². The van der Waals surface area contributed by atoms with Crippen molar-refractivity contribution in [2.75, 3.05) is 21.0 Å². The van der Waals surface area contributed by atoms with Gasteiger partial charge in [0.2, 0.25) is 0 Å². The van der Waals surface area contributed by atoms with E-state index in [2.05, 4.69) is 26.0 Å². The Labute approximate surface area is 159 Å². The molecule has 25 heavy (non-hydrogen) atoms. The number of aryl methyl sites for hydroxylation is 2. The largest absolute Gasteiger partial charge is 0.495 e. The van der Waals surface area contributed by atoms with Gasteiger partial charge in [-0.1, -0.05) is 49.2 Å². The Balaban J connectivity index is 2.49. The standard InChI is InChI=1S/C20H24Cl2O3/c1-12-7-14(9-16(21)18(12)24-6)20(3,4)15-8-13(2)19(17(22)10-15)25-11-23-5/h7-10H,11H2,1-6H3. The summed E-state index contributed by atoms with van der Waals surface area (Å²) in [6, 6.07) is 8.08. The summed E-state index contributed by atoms with van der Waals surface area (Å²) in [5.74, 6) is 1.35. The molecule has 0 bridgehead atoms. The van der Waals surface area contributed by atoms with Gasteiger partial charge in [-0.05, 0) is 48.2 Å². The Kier molecular flexibility index (Phi) is 6.26. The molecule has 0 saturated carbocycles. The molecule has 0 N–H and O–H groups in total. The van der Waals surface area contributed by atoms with Crippen LogP contribution >= 0.6 is 23.2 Å². The third-order valence-electron chi connectivity index (χ3n) is 4.43. The minimum atomic E-state index is -0.283. The topological polar surface area (TPSA) is 27.7 Å². The average molecular weight is 383 g/mol. The predicted molar refractivity (Wildman–Crippen MR) is 104 cm³/mol. The molecule has 0 fully saturated rings. The van der Waals surface area contributed by atoms with Gasteiger partial charge in [-0.25, -0.2) is 0 Å². The van der Waals surface area contributed by atoms with Crippen LogP contribution in [0.4, 0.5) is 0 Å². The second kappa shape index (κ2) is 7.86. The fourth-order valence-corrected chi connectivity index (χ4v) is 3.57. The molecule has 0 aliphatic heterocycles. The van der Waals surface area contributed by atoms with E-state index in [0.717, 1.165) is 22.3 Å². The fraction of sp³-hybridized carbons (Fsp3) is 0.400. The van der Waals surface area contributed by atoms with E-state index in [1.165, 1.54) is 0 Å². The van der Waals surface area contributed by atoms with Crippen LogP contribution in [0.5, 0.6) is 11.5 Å². The molecule has 0 spiro atoms. The van der Waals surface area contributed by atoms with Crippen LogP contribution in [0, 0.1) is 13.8 Å². The first-order chi connectivity index (χ1) is 11.7. The molecule has 0 atom stereocenters. The van der Waals surface area contributed by atoms with Gasteiger partial charge < -0.3 is 14.2 Å². The smallest absolute Gasteiger partial charge is 0.188 e. The molecule has 0 aliphatic carbocycles. The lowest BCUT2D eigenvalue weighted by atomic mass is 9.77. The van der Waals surface area contributed by atoms with Crippen LogP contribution < -0.4 is 9.47 Å². The fourth-order valence-electron chi connectivity index (χ4n) is 2.91. The lowest BCUT2D eigenvalue weighted by molar-refractivity contribution is 0.0507. The molecule has 3 nitrogen and oxygen atoms in total. The Hall–Kier alpha value is -1.42. The zero-order valence-corrected chi connectivity index (χ0v) is 17.0.